The maximum atomic E-state index is 12.0. The van der Waals surface area contributed by atoms with Crippen LogP contribution in [-0.4, -0.2) is 30.7 Å². The molecule has 0 unspecified atom stereocenters. The number of piperidine rings is 1. The number of nitrogens with one attached hydrogen (secondary N) is 2. The van der Waals surface area contributed by atoms with Crippen molar-refractivity contribution < 1.29 is 9.90 Å². The largest absolute Gasteiger partial charge is 0.394 e. The zero-order valence-corrected chi connectivity index (χ0v) is 11.1. The van der Waals surface area contributed by atoms with Crippen molar-refractivity contribution in [2.24, 2.45) is 5.92 Å². The number of benzene rings is 1. The maximum Gasteiger partial charge on any atom is 0.220 e. The van der Waals surface area contributed by atoms with Crippen LogP contribution in [0.4, 0.5) is 0 Å². The summed E-state index contributed by atoms with van der Waals surface area (Å²) in [5, 5.41) is 15.6. The number of aliphatic hydroxyl groups excluding tert-OH is 1. The molecule has 0 radical (unpaired) electrons. The second-order valence-corrected chi connectivity index (χ2v) is 5.11. The lowest BCUT2D eigenvalue weighted by molar-refractivity contribution is -0.123. The summed E-state index contributed by atoms with van der Waals surface area (Å²) < 4.78 is 0. The summed E-state index contributed by atoms with van der Waals surface area (Å²) in [5.41, 5.74) is 0.948. The van der Waals surface area contributed by atoms with Gasteiger partial charge in [-0.15, -0.1) is 0 Å². The van der Waals surface area contributed by atoms with E-state index in [0.717, 1.165) is 31.5 Å². The van der Waals surface area contributed by atoms with Gasteiger partial charge in [0.1, 0.15) is 0 Å². The van der Waals surface area contributed by atoms with Crippen LogP contribution < -0.4 is 10.6 Å². The van der Waals surface area contributed by atoms with E-state index in [2.05, 4.69) is 10.6 Å². The quantitative estimate of drug-likeness (QED) is 0.748. The third kappa shape index (κ3) is 4.33. The van der Waals surface area contributed by atoms with Gasteiger partial charge < -0.3 is 15.7 Å². The summed E-state index contributed by atoms with van der Waals surface area (Å²) in [5.74, 6) is 0.506. The summed E-state index contributed by atoms with van der Waals surface area (Å²) in [7, 11) is 0. The Morgan fingerprint density at radius 1 is 1.32 bits per heavy atom. The van der Waals surface area contributed by atoms with E-state index in [1.54, 1.807) is 0 Å². The highest BCUT2D eigenvalue weighted by atomic mass is 16.3. The second-order valence-electron chi connectivity index (χ2n) is 5.11. The van der Waals surface area contributed by atoms with Crippen LogP contribution in [-0.2, 0) is 4.79 Å². The molecule has 3 N–H and O–H groups in total. The van der Waals surface area contributed by atoms with Crippen molar-refractivity contribution in [3.8, 4) is 0 Å². The first-order valence-electron chi connectivity index (χ1n) is 6.95. The fourth-order valence-electron chi connectivity index (χ4n) is 2.52. The van der Waals surface area contributed by atoms with Crippen LogP contribution in [0.15, 0.2) is 30.3 Å². The lowest BCUT2D eigenvalue weighted by atomic mass is 9.94. The number of rotatable bonds is 5. The number of carbonyl (C=O) groups excluding carboxylic acids is 1. The zero-order valence-electron chi connectivity index (χ0n) is 11.1. The minimum atomic E-state index is -0.296. The first-order valence-corrected chi connectivity index (χ1v) is 6.95. The third-order valence-electron chi connectivity index (χ3n) is 3.65. The standard InChI is InChI=1S/C15H22N2O2/c18-11-14(13-4-2-1-3-5-13)17-15(19)10-12-6-8-16-9-7-12/h1-5,12,14,16,18H,6-11H2,(H,17,19)/t14-/m1/s1. The molecule has 1 fully saturated rings. The van der Waals surface area contributed by atoms with Crippen LogP contribution in [0.1, 0.15) is 30.9 Å². The van der Waals surface area contributed by atoms with Gasteiger partial charge in [-0.3, -0.25) is 4.79 Å². The van der Waals surface area contributed by atoms with E-state index >= 15 is 0 Å². The number of hydrogen-bond acceptors (Lipinski definition) is 3. The van der Waals surface area contributed by atoms with E-state index < -0.39 is 0 Å². The van der Waals surface area contributed by atoms with Gasteiger partial charge in [0, 0.05) is 6.42 Å². The fourth-order valence-corrected chi connectivity index (χ4v) is 2.52. The monoisotopic (exact) mass is 262 g/mol. The molecule has 0 bridgehead atoms. The van der Waals surface area contributed by atoms with Crippen LogP contribution in [0.5, 0.6) is 0 Å². The van der Waals surface area contributed by atoms with E-state index in [-0.39, 0.29) is 18.6 Å². The SMILES string of the molecule is O=C(CC1CCNCC1)N[C@H](CO)c1ccccc1. The van der Waals surface area contributed by atoms with Crippen molar-refractivity contribution in [1.82, 2.24) is 10.6 Å². The molecule has 2 rings (SSSR count). The van der Waals surface area contributed by atoms with Gasteiger partial charge in [0.25, 0.3) is 0 Å². The fraction of sp³-hybridized carbons (Fsp3) is 0.533. The van der Waals surface area contributed by atoms with Gasteiger partial charge in [0.2, 0.25) is 5.91 Å². The molecule has 1 amide bonds. The lowest BCUT2D eigenvalue weighted by Gasteiger charge is -2.23. The molecule has 19 heavy (non-hydrogen) atoms. The number of carbonyl (C=O) groups is 1. The van der Waals surface area contributed by atoms with Crippen LogP contribution in [0, 0.1) is 5.92 Å². The minimum Gasteiger partial charge on any atom is -0.394 e. The van der Waals surface area contributed by atoms with Crippen LogP contribution in [0.2, 0.25) is 0 Å². The first-order chi connectivity index (χ1) is 9.29. The Bertz CT molecular complexity index is 388. The lowest BCUT2D eigenvalue weighted by Crippen LogP contribution is -2.35. The topological polar surface area (TPSA) is 61.4 Å². The Morgan fingerprint density at radius 2 is 2.00 bits per heavy atom. The van der Waals surface area contributed by atoms with Gasteiger partial charge in [-0.25, -0.2) is 0 Å². The van der Waals surface area contributed by atoms with E-state index in [9.17, 15) is 9.90 Å². The summed E-state index contributed by atoms with van der Waals surface area (Å²) >= 11 is 0. The van der Waals surface area contributed by atoms with Crippen molar-refractivity contribution in [1.29, 1.82) is 0 Å². The van der Waals surface area contributed by atoms with E-state index in [1.807, 2.05) is 30.3 Å². The Hall–Kier alpha value is -1.39. The zero-order chi connectivity index (χ0) is 13.5. The molecule has 0 aromatic heterocycles. The van der Waals surface area contributed by atoms with Crippen molar-refractivity contribution in [3.05, 3.63) is 35.9 Å². The Morgan fingerprint density at radius 3 is 2.63 bits per heavy atom. The summed E-state index contributed by atoms with van der Waals surface area (Å²) in [6.07, 6.45) is 2.68. The molecule has 1 aromatic rings. The van der Waals surface area contributed by atoms with Gasteiger partial charge >= 0.3 is 0 Å². The maximum absolute atomic E-state index is 12.0. The molecule has 0 spiro atoms. The minimum absolute atomic E-state index is 0.0369. The van der Waals surface area contributed by atoms with Crippen molar-refractivity contribution in [2.45, 2.75) is 25.3 Å². The predicted octanol–water partition coefficient (Wildman–Crippen LogP) is 1.23. The molecule has 0 saturated carbocycles. The molecule has 1 aliphatic rings. The van der Waals surface area contributed by atoms with E-state index in [0.29, 0.717) is 12.3 Å². The molecule has 4 heteroatoms. The smallest absolute Gasteiger partial charge is 0.220 e. The Kier molecular flexibility index (Phi) is 5.36. The third-order valence-corrected chi connectivity index (χ3v) is 3.65. The molecule has 4 nitrogen and oxygen atoms in total. The highest BCUT2D eigenvalue weighted by molar-refractivity contribution is 5.76. The summed E-state index contributed by atoms with van der Waals surface area (Å²) in [6.45, 7) is 1.93. The Labute approximate surface area is 114 Å². The number of hydrogen-bond donors (Lipinski definition) is 3. The second kappa shape index (κ2) is 7.26. The molecule has 1 heterocycles. The Balaban J connectivity index is 1.85. The van der Waals surface area contributed by atoms with Crippen molar-refractivity contribution >= 4 is 5.91 Å². The van der Waals surface area contributed by atoms with Gasteiger partial charge in [-0.2, -0.15) is 0 Å². The summed E-state index contributed by atoms with van der Waals surface area (Å²) in [6, 6.07) is 9.30. The number of amides is 1. The molecule has 0 aliphatic carbocycles. The highest BCUT2D eigenvalue weighted by Gasteiger charge is 2.19. The van der Waals surface area contributed by atoms with Gasteiger partial charge in [0.15, 0.2) is 0 Å². The van der Waals surface area contributed by atoms with Crippen LogP contribution >= 0.6 is 0 Å². The molecule has 1 aromatic carbocycles. The molecule has 1 aliphatic heterocycles. The summed E-state index contributed by atoms with van der Waals surface area (Å²) in [4.78, 5) is 12.0. The normalized spacial score (nSPS) is 17.9. The van der Waals surface area contributed by atoms with Gasteiger partial charge in [0.05, 0.1) is 12.6 Å². The van der Waals surface area contributed by atoms with E-state index in [4.69, 9.17) is 0 Å². The molecule has 104 valence electrons. The molecular weight excluding hydrogens is 240 g/mol. The first kappa shape index (κ1) is 14.0. The highest BCUT2D eigenvalue weighted by Crippen LogP contribution is 2.17. The van der Waals surface area contributed by atoms with Crippen molar-refractivity contribution in [2.75, 3.05) is 19.7 Å². The predicted molar refractivity (Wildman–Crippen MR) is 74.6 cm³/mol. The molecule has 1 saturated heterocycles. The van der Waals surface area contributed by atoms with Gasteiger partial charge in [-0.05, 0) is 37.4 Å². The number of aliphatic hydroxyl groups is 1. The average molecular weight is 262 g/mol. The van der Waals surface area contributed by atoms with Crippen molar-refractivity contribution in [3.63, 3.8) is 0 Å². The van der Waals surface area contributed by atoms with E-state index in [1.165, 1.54) is 0 Å². The van der Waals surface area contributed by atoms with Crippen LogP contribution in [0.25, 0.3) is 0 Å². The average Bonchev–Trinajstić information content (AvgIpc) is 2.47. The van der Waals surface area contributed by atoms with Crippen LogP contribution in [0.3, 0.4) is 0 Å². The molecule has 1 atom stereocenters. The van der Waals surface area contributed by atoms with Gasteiger partial charge in [-0.1, -0.05) is 30.3 Å². The molecular formula is C15H22N2O2.